The second-order valence-corrected chi connectivity index (χ2v) is 7.68. The first-order valence-electron chi connectivity index (χ1n) is 9.95. The zero-order valence-electron chi connectivity index (χ0n) is 16.6. The summed E-state index contributed by atoms with van der Waals surface area (Å²) in [6, 6.07) is 13.5. The molecular formula is C22H24N4O4. The number of anilines is 2. The van der Waals surface area contributed by atoms with Gasteiger partial charge in [-0.1, -0.05) is 36.4 Å². The monoisotopic (exact) mass is 408 g/mol. The molecule has 2 aliphatic heterocycles. The zero-order chi connectivity index (χ0) is 21.3. The summed E-state index contributed by atoms with van der Waals surface area (Å²) in [5.74, 6) is -2.70. The number of carbonyl (C=O) groups is 3. The van der Waals surface area contributed by atoms with Gasteiger partial charge >= 0.3 is 12.0 Å². The topological polar surface area (TPSA) is 111 Å². The van der Waals surface area contributed by atoms with Crippen molar-refractivity contribution in [2.24, 2.45) is 5.92 Å². The predicted molar refractivity (Wildman–Crippen MR) is 112 cm³/mol. The summed E-state index contributed by atoms with van der Waals surface area (Å²) >= 11 is 0. The van der Waals surface area contributed by atoms with Crippen molar-refractivity contribution in [1.29, 1.82) is 0 Å². The number of benzene rings is 2. The molecule has 0 spiro atoms. The molecule has 0 aliphatic carbocycles. The highest BCUT2D eigenvalue weighted by Gasteiger charge is 2.41. The van der Waals surface area contributed by atoms with E-state index in [0.717, 1.165) is 17.7 Å². The Morgan fingerprint density at radius 3 is 2.60 bits per heavy atom. The summed E-state index contributed by atoms with van der Waals surface area (Å²) in [7, 11) is 0. The lowest BCUT2D eigenvalue weighted by Crippen LogP contribution is -2.56. The lowest BCUT2D eigenvalue weighted by Gasteiger charge is -2.32. The van der Waals surface area contributed by atoms with Crippen LogP contribution < -0.4 is 20.9 Å². The molecule has 0 fully saturated rings. The fourth-order valence-corrected chi connectivity index (χ4v) is 4.07. The number of rotatable bonds is 4. The highest BCUT2D eigenvalue weighted by molar-refractivity contribution is 6.03. The largest absolute Gasteiger partial charge is 0.481 e. The van der Waals surface area contributed by atoms with E-state index in [4.69, 9.17) is 0 Å². The molecule has 0 bridgehead atoms. The van der Waals surface area contributed by atoms with Crippen molar-refractivity contribution < 1.29 is 19.5 Å². The molecule has 3 amide bonds. The van der Waals surface area contributed by atoms with Gasteiger partial charge in [0.2, 0.25) is 5.91 Å². The molecule has 0 saturated heterocycles. The van der Waals surface area contributed by atoms with E-state index in [1.165, 1.54) is 17.4 Å². The molecular weight excluding hydrogens is 384 g/mol. The van der Waals surface area contributed by atoms with Crippen LogP contribution in [0, 0.1) is 5.92 Å². The van der Waals surface area contributed by atoms with Gasteiger partial charge in [-0.15, -0.1) is 0 Å². The third-order valence-corrected chi connectivity index (χ3v) is 5.68. The molecule has 0 radical (unpaired) electrons. The molecule has 4 rings (SSSR count). The number of nitrogens with zero attached hydrogens (tertiary/aromatic N) is 1. The van der Waals surface area contributed by atoms with Gasteiger partial charge in [-0.05, 0) is 36.6 Å². The van der Waals surface area contributed by atoms with Gasteiger partial charge in [0.15, 0.2) is 0 Å². The lowest BCUT2D eigenvalue weighted by molar-refractivity contribution is -0.144. The van der Waals surface area contributed by atoms with Gasteiger partial charge in [-0.3, -0.25) is 14.5 Å². The van der Waals surface area contributed by atoms with Crippen LogP contribution in [0.1, 0.15) is 18.1 Å². The van der Waals surface area contributed by atoms with E-state index in [1.54, 1.807) is 12.1 Å². The van der Waals surface area contributed by atoms with Crippen molar-refractivity contribution in [3.8, 4) is 0 Å². The molecule has 2 heterocycles. The van der Waals surface area contributed by atoms with Gasteiger partial charge < -0.3 is 21.1 Å². The standard InChI is InChI=1S/C22H24N4O4/c1-13(21(28)29)19-20(27)23-11-15-7-3-5-9-18(15)26(19)22(30)24-12-16-10-14-6-2-4-8-17(14)25-16/h2-9,13,16,19,25H,10-12H2,1H3,(H,23,27)(H,24,30)(H,28,29)/t13?,16?,19-/m0/s1. The van der Waals surface area contributed by atoms with Crippen molar-refractivity contribution in [2.75, 3.05) is 16.8 Å². The number of amides is 3. The zero-order valence-corrected chi connectivity index (χ0v) is 16.6. The predicted octanol–water partition coefficient (Wildman–Crippen LogP) is 1.96. The van der Waals surface area contributed by atoms with E-state index in [-0.39, 0.29) is 12.6 Å². The van der Waals surface area contributed by atoms with Crippen LogP contribution in [0.25, 0.3) is 0 Å². The summed E-state index contributed by atoms with van der Waals surface area (Å²) in [5, 5.41) is 18.6. The van der Waals surface area contributed by atoms with Gasteiger partial charge in [0, 0.05) is 24.8 Å². The summed E-state index contributed by atoms with van der Waals surface area (Å²) in [6.45, 7) is 2.03. The fraction of sp³-hybridized carbons (Fsp3) is 0.318. The van der Waals surface area contributed by atoms with E-state index in [2.05, 4.69) is 16.0 Å². The van der Waals surface area contributed by atoms with Crippen molar-refractivity contribution >= 4 is 29.3 Å². The second-order valence-electron chi connectivity index (χ2n) is 7.68. The maximum Gasteiger partial charge on any atom is 0.322 e. The van der Waals surface area contributed by atoms with Crippen LogP contribution in [-0.4, -0.2) is 41.6 Å². The number of hydrogen-bond acceptors (Lipinski definition) is 4. The maximum absolute atomic E-state index is 13.2. The highest BCUT2D eigenvalue weighted by atomic mass is 16.4. The molecule has 30 heavy (non-hydrogen) atoms. The van der Waals surface area contributed by atoms with E-state index >= 15 is 0 Å². The Morgan fingerprint density at radius 1 is 1.17 bits per heavy atom. The molecule has 156 valence electrons. The summed E-state index contributed by atoms with van der Waals surface area (Å²) < 4.78 is 0. The lowest BCUT2D eigenvalue weighted by atomic mass is 9.99. The molecule has 3 atom stereocenters. The molecule has 0 saturated carbocycles. The normalized spacial score (nSPS) is 20.8. The molecule has 2 aromatic rings. The quantitative estimate of drug-likeness (QED) is 0.618. The van der Waals surface area contributed by atoms with Crippen LogP contribution in [0.2, 0.25) is 0 Å². The number of nitrogens with one attached hydrogen (secondary N) is 3. The highest BCUT2D eigenvalue weighted by Crippen LogP contribution is 2.29. The van der Waals surface area contributed by atoms with Crippen molar-refractivity contribution in [3.05, 3.63) is 59.7 Å². The molecule has 2 unspecified atom stereocenters. The van der Waals surface area contributed by atoms with E-state index in [9.17, 15) is 19.5 Å². The third kappa shape index (κ3) is 3.68. The molecule has 2 aromatic carbocycles. The number of para-hydroxylation sites is 2. The molecule has 8 heteroatoms. The molecule has 0 aromatic heterocycles. The van der Waals surface area contributed by atoms with Crippen LogP contribution in [0.4, 0.5) is 16.2 Å². The SMILES string of the molecule is CC(C(=O)O)[C@H]1C(=O)NCc2ccccc2N1C(=O)NCC1Cc2ccccc2N1. The van der Waals surface area contributed by atoms with Crippen LogP contribution in [0.5, 0.6) is 0 Å². The number of carbonyl (C=O) groups excluding carboxylic acids is 2. The fourth-order valence-electron chi connectivity index (χ4n) is 4.07. The van der Waals surface area contributed by atoms with E-state index in [0.29, 0.717) is 12.2 Å². The number of fused-ring (bicyclic) bond motifs is 2. The Kier molecular flexibility index (Phi) is 5.31. The summed E-state index contributed by atoms with van der Waals surface area (Å²) in [4.78, 5) is 39.0. The summed E-state index contributed by atoms with van der Waals surface area (Å²) in [5.41, 5.74) is 3.53. The minimum atomic E-state index is -1.15. The first kappa shape index (κ1) is 19.8. The average Bonchev–Trinajstić information content (AvgIpc) is 3.10. The molecule has 4 N–H and O–H groups in total. The first-order chi connectivity index (χ1) is 14.5. The Bertz CT molecular complexity index is 968. The van der Waals surface area contributed by atoms with Gasteiger partial charge in [0.05, 0.1) is 11.6 Å². The average molecular weight is 408 g/mol. The first-order valence-corrected chi connectivity index (χ1v) is 9.95. The number of aliphatic carboxylic acids is 1. The maximum atomic E-state index is 13.2. The number of carboxylic acid groups (broad SMARTS) is 1. The van der Waals surface area contributed by atoms with Crippen LogP contribution in [0.3, 0.4) is 0 Å². The smallest absolute Gasteiger partial charge is 0.322 e. The summed E-state index contributed by atoms with van der Waals surface area (Å²) in [6.07, 6.45) is 0.780. The van der Waals surface area contributed by atoms with Gasteiger partial charge in [0.25, 0.3) is 0 Å². The van der Waals surface area contributed by atoms with Gasteiger partial charge in [-0.25, -0.2) is 4.79 Å². The van der Waals surface area contributed by atoms with Crippen molar-refractivity contribution in [2.45, 2.75) is 32.0 Å². The molecule has 8 nitrogen and oxygen atoms in total. The Balaban J connectivity index is 1.57. The Labute approximate surface area is 174 Å². The van der Waals surface area contributed by atoms with Crippen LogP contribution >= 0.6 is 0 Å². The number of carboxylic acids is 1. The minimum Gasteiger partial charge on any atom is -0.481 e. The van der Waals surface area contributed by atoms with Gasteiger partial charge in [0.1, 0.15) is 6.04 Å². The van der Waals surface area contributed by atoms with E-state index < -0.39 is 29.9 Å². The Hall–Kier alpha value is -3.55. The number of urea groups is 1. The minimum absolute atomic E-state index is 0.0257. The second kappa shape index (κ2) is 8.06. The van der Waals surface area contributed by atoms with Crippen LogP contribution in [-0.2, 0) is 22.6 Å². The van der Waals surface area contributed by atoms with Crippen LogP contribution in [0.15, 0.2) is 48.5 Å². The number of hydrogen-bond donors (Lipinski definition) is 4. The van der Waals surface area contributed by atoms with Gasteiger partial charge in [-0.2, -0.15) is 0 Å². The third-order valence-electron chi connectivity index (χ3n) is 5.68. The van der Waals surface area contributed by atoms with Crippen molar-refractivity contribution in [1.82, 2.24) is 10.6 Å². The molecule has 2 aliphatic rings. The van der Waals surface area contributed by atoms with Crippen molar-refractivity contribution in [3.63, 3.8) is 0 Å². The van der Waals surface area contributed by atoms with E-state index in [1.807, 2.05) is 36.4 Å². The Morgan fingerprint density at radius 2 is 1.87 bits per heavy atom.